The van der Waals surface area contributed by atoms with Gasteiger partial charge < -0.3 is 0 Å². The summed E-state index contributed by atoms with van der Waals surface area (Å²) in [5, 5.41) is 0. The quantitative estimate of drug-likeness (QED) is 0.645. The second kappa shape index (κ2) is 5.25. The fourth-order valence-corrected chi connectivity index (χ4v) is 2.46. The largest absolute Gasteiger partial charge is 0.0919 e. The minimum atomic E-state index is 0.0613. The van der Waals surface area contributed by atoms with Crippen molar-refractivity contribution < 1.29 is 0 Å². The van der Waals surface area contributed by atoms with Crippen LogP contribution in [0.3, 0.4) is 0 Å². The number of hydrogen-bond acceptors (Lipinski definition) is 0. The van der Waals surface area contributed by atoms with E-state index in [1.54, 1.807) is 5.57 Å². The van der Waals surface area contributed by atoms with E-state index in [9.17, 15) is 0 Å². The molecule has 0 unspecified atom stereocenters. The molecule has 0 heterocycles. The molecule has 1 aromatic carbocycles. The molecule has 1 aliphatic carbocycles. The molecule has 1 aromatic rings. The van der Waals surface area contributed by atoms with Gasteiger partial charge in [0.15, 0.2) is 0 Å². The molecule has 0 nitrogen and oxygen atoms in total. The molecular weight excluding hydrogens is 228 g/mol. The van der Waals surface area contributed by atoms with E-state index in [0.717, 1.165) is 12.3 Å². The van der Waals surface area contributed by atoms with E-state index in [1.807, 2.05) is 0 Å². The lowest BCUT2D eigenvalue weighted by Gasteiger charge is -2.07. The van der Waals surface area contributed by atoms with Gasteiger partial charge in [0.25, 0.3) is 0 Å². The van der Waals surface area contributed by atoms with Gasteiger partial charge in [-0.3, -0.25) is 0 Å². The van der Waals surface area contributed by atoms with Crippen molar-refractivity contribution in [1.29, 1.82) is 0 Å². The summed E-state index contributed by atoms with van der Waals surface area (Å²) < 4.78 is 0. The maximum atomic E-state index is 3.36. The van der Waals surface area contributed by atoms with Crippen molar-refractivity contribution in [1.82, 2.24) is 0 Å². The van der Waals surface area contributed by atoms with Crippen molar-refractivity contribution in [3.05, 3.63) is 40.5 Å². The van der Waals surface area contributed by atoms with Crippen LogP contribution in [-0.2, 0) is 6.42 Å². The number of benzene rings is 1. The fourth-order valence-electron chi connectivity index (χ4n) is 2.46. The van der Waals surface area contributed by atoms with Crippen molar-refractivity contribution in [2.45, 2.75) is 47.5 Å². The molecule has 0 atom stereocenters. The van der Waals surface area contributed by atoms with Crippen molar-refractivity contribution in [2.24, 2.45) is 11.3 Å². The van der Waals surface area contributed by atoms with Gasteiger partial charge in [-0.15, -0.1) is 0 Å². The maximum absolute atomic E-state index is 3.36. The van der Waals surface area contributed by atoms with Crippen molar-refractivity contribution in [2.75, 3.05) is 0 Å². The molecule has 2 rings (SSSR count). The molecule has 1 aliphatic rings. The van der Waals surface area contributed by atoms with E-state index < -0.39 is 0 Å². The van der Waals surface area contributed by atoms with Crippen LogP contribution in [0.1, 0.15) is 57.7 Å². The lowest BCUT2D eigenvalue weighted by molar-refractivity contribution is 0.571. The zero-order chi connectivity index (χ0) is 14.0. The highest BCUT2D eigenvalue weighted by Crippen LogP contribution is 2.31. The first kappa shape index (κ1) is 13.9. The Balaban J connectivity index is 2.32. The van der Waals surface area contributed by atoms with Gasteiger partial charge in [-0.2, -0.15) is 0 Å². The van der Waals surface area contributed by atoms with Gasteiger partial charge in [-0.05, 0) is 56.7 Å². The molecule has 0 bridgehead atoms. The summed E-state index contributed by atoms with van der Waals surface area (Å²) in [7, 11) is 0. The first-order valence-electron chi connectivity index (χ1n) is 7.19. The highest BCUT2D eigenvalue weighted by molar-refractivity contribution is 5.69. The second-order valence-electron chi connectivity index (χ2n) is 6.96. The lowest BCUT2D eigenvalue weighted by Crippen LogP contribution is -1.99. The van der Waals surface area contributed by atoms with E-state index >= 15 is 0 Å². The van der Waals surface area contributed by atoms with E-state index in [-0.39, 0.29) is 5.41 Å². The summed E-state index contributed by atoms with van der Waals surface area (Å²) in [4.78, 5) is 0. The summed E-state index contributed by atoms with van der Waals surface area (Å²) in [5.74, 6) is 7.44. The number of fused-ring (bicyclic) bond motifs is 1. The van der Waals surface area contributed by atoms with Gasteiger partial charge in [-0.25, -0.2) is 0 Å². The fraction of sp³-hybridized carbons (Fsp3) is 0.474. The van der Waals surface area contributed by atoms with Crippen molar-refractivity contribution >= 4 is 6.08 Å². The third-order valence-electron chi connectivity index (χ3n) is 3.21. The predicted octanol–water partition coefficient (Wildman–Crippen LogP) is 5.07. The normalized spacial score (nSPS) is 13.9. The minimum absolute atomic E-state index is 0.0613. The van der Waals surface area contributed by atoms with Gasteiger partial charge in [0.05, 0.1) is 0 Å². The first-order valence-corrected chi connectivity index (χ1v) is 7.19. The Hall–Kier alpha value is -1.48. The number of allylic oxidation sites excluding steroid dienone is 1. The second-order valence-corrected chi connectivity index (χ2v) is 6.96. The molecule has 0 saturated heterocycles. The van der Waals surface area contributed by atoms with Crippen LogP contribution in [0.5, 0.6) is 0 Å². The van der Waals surface area contributed by atoms with Crippen LogP contribution in [-0.4, -0.2) is 0 Å². The van der Waals surface area contributed by atoms with E-state index in [0.29, 0.717) is 0 Å². The van der Waals surface area contributed by atoms with E-state index in [1.165, 1.54) is 23.1 Å². The molecule has 0 saturated carbocycles. The van der Waals surface area contributed by atoms with Crippen LogP contribution in [0.2, 0.25) is 0 Å². The van der Waals surface area contributed by atoms with Crippen LogP contribution < -0.4 is 0 Å². The summed E-state index contributed by atoms with van der Waals surface area (Å²) in [6.45, 7) is 11.0. The predicted molar refractivity (Wildman–Crippen MR) is 83.9 cm³/mol. The van der Waals surface area contributed by atoms with Crippen LogP contribution in [0.15, 0.2) is 23.8 Å². The molecule has 19 heavy (non-hydrogen) atoms. The molecule has 0 fully saturated rings. The van der Waals surface area contributed by atoms with Crippen molar-refractivity contribution in [3.8, 4) is 11.8 Å². The van der Waals surface area contributed by atoms with Gasteiger partial charge in [0, 0.05) is 11.0 Å². The molecule has 0 amide bonds. The maximum Gasteiger partial charge on any atom is 0.0320 e. The highest BCUT2D eigenvalue weighted by atomic mass is 14.2. The number of hydrogen-bond donors (Lipinski definition) is 0. The number of rotatable bonds is 2. The molecule has 0 N–H and O–H groups in total. The summed E-state index contributed by atoms with van der Waals surface area (Å²) in [6, 6.07) is 6.52. The molecule has 0 spiro atoms. The Bertz CT molecular complexity index is 554. The third-order valence-corrected chi connectivity index (χ3v) is 3.21. The molecule has 0 aromatic heterocycles. The first-order chi connectivity index (χ1) is 8.85. The molecule has 0 aliphatic heterocycles. The van der Waals surface area contributed by atoms with Gasteiger partial charge in [0.2, 0.25) is 0 Å². The Kier molecular flexibility index (Phi) is 3.85. The Morgan fingerprint density at radius 3 is 2.58 bits per heavy atom. The Labute approximate surface area is 117 Å². The molecule has 0 heteroatoms. The van der Waals surface area contributed by atoms with Crippen LogP contribution in [0, 0.1) is 23.2 Å². The monoisotopic (exact) mass is 252 g/mol. The third kappa shape index (κ3) is 3.74. The topological polar surface area (TPSA) is 0 Å². The van der Waals surface area contributed by atoms with E-state index in [2.05, 4.69) is 70.7 Å². The standard InChI is InChI=1S/C19H24/c1-14(2)11-15-12-17-8-6-7-16(18(17)13-15)9-10-19(3,4)5/h6-8,13-14H,11-12H2,1-5H3. The lowest BCUT2D eigenvalue weighted by atomic mass is 9.96. The van der Waals surface area contributed by atoms with Crippen LogP contribution in [0.25, 0.3) is 6.08 Å². The molecular formula is C19H24. The van der Waals surface area contributed by atoms with Crippen LogP contribution >= 0.6 is 0 Å². The highest BCUT2D eigenvalue weighted by Gasteiger charge is 2.15. The smallest absolute Gasteiger partial charge is 0.0320 e. The minimum Gasteiger partial charge on any atom is -0.0919 e. The summed E-state index contributed by atoms with van der Waals surface area (Å²) in [6.07, 6.45) is 4.67. The average molecular weight is 252 g/mol. The summed E-state index contributed by atoms with van der Waals surface area (Å²) in [5.41, 5.74) is 5.60. The van der Waals surface area contributed by atoms with Crippen molar-refractivity contribution in [3.63, 3.8) is 0 Å². The van der Waals surface area contributed by atoms with E-state index in [4.69, 9.17) is 0 Å². The van der Waals surface area contributed by atoms with Gasteiger partial charge >= 0.3 is 0 Å². The van der Waals surface area contributed by atoms with Crippen LogP contribution in [0.4, 0.5) is 0 Å². The zero-order valence-corrected chi connectivity index (χ0v) is 12.8. The summed E-state index contributed by atoms with van der Waals surface area (Å²) >= 11 is 0. The Morgan fingerprint density at radius 1 is 1.21 bits per heavy atom. The molecule has 0 radical (unpaired) electrons. The van der Waals surface area contributed by atoms with Gasteiger partial charge in [-0.1, -0.05) is 49.5 Å². The van der Waals surface area contributed by atoms with Gasteiger partial charge in [0.1, 0.15) is 0 Å². The molecule has 100 valence electrons. The zero-order valence-electron chi connectivity index (χ0n) is 12.8. The SMILES string of the molecule is CC(C)CC1=Cc2c(C#CC(C)(C)C)cccc2C1. The average Bonchev–Trinajstić information content (AvgIpc) is 2.66. The Morgan fingerprint density at radius 2 is 1.95 bits per heavy atom.